The summed E-state index contributed by atoms with van der Waals surface area (Å²) in [5.74, 6) is 1.61. The fraction of sp³-hybridized carbons (Fsp3) is 0.462. The molecule has 16 heavy (non-hydrogen) atoms. The molecule has 1 aromatic rings. The van der Waals surface area contributed by atoms with E-state index in [0.29, 0.717) is 6.54 Å². The molecule has 1 atom stereocenters. The van der Waals surface area contributed by atoms with E-state index in [2.05, 4.69) is 4.99 Å². The van der Waals surface area contributed by atoms with Gasteiger partial charge in [0.15, 0.2) is 0 Å². The van der Waals surface area contributed by atoms with Gasteiger partial charge in [-0.25, -0.2) is 0 Å². The van der Waals surface area contributed by atoms with Crippen LogP contribution in [0.5, 0.6) is 5.75 Å². The molecule has 1 unspecified atom stereocenters. The number of hydrogen-bond donors (Lipinski definition) is 1. The first-order valence-electron chi connectivity index (χ1n) is 5.77. The maximum Gasteiger partial charge on any atom is 0.119 e. The maximum absolute atomic E-state index is 9.81. The second-order valence-corrected chi connectivity index (χ2v) is 4.56. The standard InChI is InChI=1S/C13H15NO2/c15-13-7-14-6-10-3-4-11(5-12(10)13)16-8-9-1-2-9/h3-6,9,13,15H,1-2,7-8H2. The quantitative estimate of drug-likeness (QED) is 0.840. The van der Waals surface area contributed by atoms with E-state index in [-0.39, 0.29) is 0 Å². The third-order valence-corrected chi connectivity index (χ3v) is 3.11. The highest BCUT2D eigenvalue weighted by Gasteiger charge is 2.22. The molecular weight excluding hydrogens is 202 g/mol. The number of aliphatic hydroxyl groups excluding tert-OH is 1. The molecule has 0 saturated heterocycles. The molecule has 0 spiro atoms. The summed E-state index contributed by atoms with van der Waals surface area (Å²) in [7, 11) is 0. The Morgan fingerprint density at radius 2 is 2.25 bits per heavy atom. The Balaban J connectivity index is 1.79. The summed E-state index contributed by atoms with van der Waals surface area (Å²) in [6, 6.07) is 5.85. The maximum atomic E-state index is 9.81. The zero-order valence-corrected chi connectivity index (χ0v) is 9.10. The van der Waals surface area contributed by atoms with Crippen molar-refractivity contribution in [3.8, 4) is 5.75 Å². The predicted octanol–water partition coefficient (Wildman–Crippen LogP) is 1.94. The number of rotatable bonds is 3. The molecule has 1 saturated carbocycles. The number of fused-ring (bicyclic) bond motifs is 1. The molecule has 1 aliphatic heterocycles. The van der Waals surface area contributed by atoms with E-state index >= 15 is 0 Å². The van der Waals surface area contributed by atoms with Crippen LogP contribution in [0.2, 0.25) is 0 Å². The Kier molecular flexibility index (Phi) is 2.40. The summed E-state index contributed by atoms with van der Waals surface area (Å²) in [6.45, 7) is 1.27. The van der Waals surface area contributed by atoms with Gasteiger partial charge in [-0.3, -0.25) is 4.99 Å². The van der Waals surface area contributed by atoms with Crippen LogP contribution in [0, 0.1) is 5.92 Å². The van der Waals surface area contributed by atoms with Crippen molar-refractivity contribution < 1.29 is 9.84 Å². The lowest BCUT2D eigenvalue weighted by Gasteiger charge is -2.17. The fourth-order valence-corrected chi connectivity index (χ4v) is 1.90. The molecule has 1 aliphatic carbocycles. The number of nitrogens with zero attached hydrogens (tertiary/aromatic N) is 1. The Labute approximate surface area is 94.8 Å². The second kappa shape index (κ2) is 3.91. The zero-order chi connectivity index (χ0) is 11.0. The second-order valence-electron chi connectivity index (χ2n) is 4.56. The van der Waals surface area contributed by atoms with Gasteiger partial charge in [0.2, 0.25) is 0 Å². The van der Waals surface area contributed by atoms with E-state index in [1.54, 1.807) is 0 Å². The summed E-state index contributed by atoms with van der Waals surface area (Å²) >= 11 is 0. The zero-order valence-electron chi connectivity index (χ0n) is 9.10. The van der Waals surface area contributed by atoms with E-state index in [1.807, 2.05) is 24.4 Å². The number of benzene rings is 1. The molecule has 3 heteroatoms. The lowest BCUT2D eigenvalue weighted by molar-refractivity contribution is 0.185. The molecule has 0 aromatic heterocycles. The van der Waals surface area contributed by atoms with Crippen molar-refractivity contribution in [3.05, 3.63) is 29.3 Å². The molecule has 0 amide bonds. The Hall–Kier alpha value is -1.35. The van der Waals surface area contributed by atoms with Crippen LogP contribution in [-0.2, 0) is 0 Å². The smallest absolute Gasteiger partial charge is 0.119 e. The Bertz CT molecular complexity index is 424. The summed E-state index contributed by atoms with van der Waals surface area (Å²) in [4.78, 5) is 4.10. The van der Waals surface area contributed by atoms with Gasteiger partial charge in [0, 0.05) is 6.21 Å². The van der Waals surface area contributed by atoms with E-state index in [1.165, 1.54) is 12.8 Å². The van der Waals surface area contributed by atoms with Gasteiger partial charge in [0.05, 0.1) is 19.3 Å². The lowest BCUT2D eigenvalue weighted by Crippen LogP contribution is -2.11. The fourth-order valence-electron chi connectivity index (χ4n) is 1.90. The molecular formula is C13H15NO2. The van der Waals surface area contributed by atoms with Crippen molar-refractivity contribution in [2.75, 3.05) is 13.2 Å². The minimum Gasteiger partial charge on any atom is -0.493 e. The molecule has 3 rings (SSSR count). The molecule has 84 valence electrons. The van der Waals surface area contributed by atoms with E-state index in [0.717, 1.165) is 29.4 Å². The number of ether oxygens (including phenoxy) is 1. The van der Waals surface area contributed by atoms with E-state index < -0.39 is 6.10 Å². The first-order valence-corrected chi connectivity index (χ1v) is 5.77. The van der Waals surface area contributed by atoms with Crippen LogP contribution in [0.4, 0.5) is 0 Å². The normalized spacial score (nSPS) is 22.9. The van der Waals surface area contributed by atoms with Gasteiger partial charge in [-0.15, -0.1) is 0 Å². The Morgan fingerprint density at radius 3 is 3.06 bits per heavy atom. The largest absolute Gasteiger partial charge is 0.493 e. The van der Waals surface area contributed by atoms with Gasteiger partial charge in [-0.2, -0.15) is 0 Å². The Morgan fingerprint density at radius 1 is 1.38 bits per heavy atom. The number of aliphatic hydroxyl groups is 1. The van der Waals surface area contributed by atoms with Crippen LogP contribution in [-0.4, -0.2) is 24.5 Å². The van der Waals surface area contributed by atoms with Crippen molar-refractivity contribution >= 4 is 6.21 Å². The number of hydrogen-bond acceptors (Lipinski definition) is 3. The molecule has 2 aliphatic rings. The van der Waals surface area contributed by atoms with Gasteiger partial charge in [-0.1, -0.05) is 0 Å². The SMILES string of the molecule is OC1CN=Cc2ccc(OCC3CC3)cc21. The minimum atomic E-state index is -0.482. The average molecular weight is 217 g/mol. The third kappa shape index (κ3) is 1.95. The molecule has 1 N–H and O–H groups in total. The van der Waals surface area contributed by atoms with Crippen molar-refractivity contribution in [1.82, 2.24) is 0 Å². The van der Waals surface area contributed by atoms with Crippen LogP contribution >= 0.6 is 0 Å². The van der Waals surface area contributed by atoms with Crippen LogP contribution < -0.4 is 4.74 Å². The average Bonchev–Trinajstić information content (AvgIpc) is 3.11. The highest BCUT2D eigenvalue weighted by atomic mass is 16.5. The topological polar surface area (TPSA) is 41.8 Å². The summed E-state index contributed by atoms with van der Waals surface area (Å²) in [5, 5.41) is 9.81. The van der Waals surface area contributed by atoms with Crippen molar-refractivity contribution in [3.63, 3.8) is 0 Å². The van der Waals surface area contributed by atoms with Crippen LogP contribution in [0.1, 0.15) is 30.1 Å². The molecule has 0 radical (unpaired) electrons. The lowest BCUT2D eigenvalue weighted by atomic mass is 10.0. The molecule has 1 heterocycles. The van der Waals surface area contributed by atoms with Gasteiger partial charge >= 0.3 is 0 Å². The minimum absolute atomic E-state index is 0.457. The van der Waals surface area contributed by atoms with Crippen LogP contribution in [0.3, 0.4) is 0 Å². The first kappa shape index (κ1) is 9.85. The summed E-state index contributed by atoms with van der Waals surface area (Å²) in [6.07, 6.45) is 3.91. The molecule has 1 fully saturated rings. The first-order chi connectivity index (χ1) is 7.83. The van der Waals surface area contributed by atoms with Crippen molar-refractivity contribution in [2.45, 2.75) is 18.9 Å². The van der Waals surface area contributed by atoms with Gasteiger partial charge in [0.1, 0.15) is 5.75 Å². The highest BCUT2D eigenvalue weighted by Crippen LogP contribution is 2.31. The summed E-state index contributed by atoms with van der Waals surface area (Å²) < 4.78 is 5.69. The molecule has 0 bridgehead atoms. The highest BCUT2D eigenvalue weighted by molar-refractivity contribution is 5.83. The number of aliphatic imine (C=N–C) groups is 1. The van der Waals surface area contributed by atoms with Crippen molar-refractivity contribution in [1.29, 1.82) is 0 Å². The van der Waals surface area contributed by atoms with Crippen LogP contribution in [0.25, 0.3) is 0 Å². The monoisotopic (exact) mass is 217 g/mol. The van der Waals surface area contributed by atoms with Crippen LogP contribution in [0.15, 0.2) is 23.2 Å². The van der Waals surface area contributed by atoms with E-state index in [9.17, 15) is 5.11 Å². The van der Waals surface area contributed by atoms with Gasteiger partial charge in [0.25, 0.3) is 0 Å². The van der Waals surface area contributed by atoms with Crippen molar-refractivity contribution in [2.24, 2.45) is 10.9 Å². The third-order valence-electron chi connectivity index (χ3n) is 3.11. The predicted molar refractivity (Wildman–Crippen MR) is 62.1 cm³/mol. The summed E-state index contributed by atoms with van der Waals surface area (Å²) in [5.41, 5.74) is 1.93. The van der Waals surface area contributed by atoms with E-state index in [4.69, 9.17) is 4.74 Å². The van der Waals surface area contributed by atoms with Gasteiger partial charge < -0.3 is 9.84 Å². The molecule has 1 aromatic carbocycles. The molecule has 3 nitrogen and oxygen atoms in total. The van der Waals surface area contributed by atoms with Gasteiger partial charge in [-0.05, 0) is 48.1 Å².